The Kier molecular flexibility index (Phi) is 4.07. The summed E-state index contributed by atoms with van der Waals surface area (Å²) in [5.41, 5.74) is 2.13. The molecule has 5 heteroatoms. The fourth-order valence-corrected chi connectivity index (χ4v) is 2.69. The molecule has 0 unspecified atom stereocenters. The first-order chi connectivity index (χ1) is 8.52. The van der Waals surface area contributed by atoms with Crippen LogP contribution in [0.5, 0.6) is 0 Å². The van der Waals surface area contributed by atoms with Crippen molar-refractivity contribution >= 4 is 27.5 Å². The Morgan fingerprint density at radius 1 is 1.28 bits per heavy atom. The van der Waals surface area contributed by atoms with Crippen LogP contribution in [0.15, 0.2) is 18.2 Å². The van der Waals surface area contributed by atoms with Gasteiger partial charge < -0.3 is 4.57 Å². The summed E-state index contributed by atoms with van der Waals surface area (Å²) < 4.78 is 2.12. The van der Waals surface area contributed by atoms with Gasteiger partial charge in [0.1, 0.15) is 5.82 Å². The molecule has 18 heavy (non-hydrogen) atoms. The van der Waals surface area contributed by atoms with Gasteiger partial charge in [-0.05, 0) is 44.5 Å². The number of hydrogen-bond acceptors (Lipinski definition) is 2. The first-order valence-corrected chi connectivity index (χ1v) is 7.30. The van der Waals surface area contributed by atoms with Crippen molar-refractivity contribution < 1.29 is 0 Å². The molecule has 0 aliphatic carbocycles. The molecule has 0 aliphatic heterocycles. The van der Waals surface area contributed by atoms with E-state index in [1.54, 1.807) is 0 Å². The van der Waals surface area contributed by atoms with Crippen LogP contribution < -0.4 is 0 Å². The molecule has 0 N–H and O–H groups in total. The minimum absolute atomic E-state index is 0.307. The maximum absolute atomic E-state index is 6.11. The lowest BCUT2D eigenvalue weighted by molar-refractivity contribution is 0.586. The van der Waals surface area contributed by atoms with Crippen molar-refractivity contribution in [2.75, 3.05) is 0 Å². The number of rotatable bonds is 3. The summed E-state index contributed by atoms with van der Waals surface area (Å²) in [6.45, 7) is 6.27. The number of nitrogens with zero attached hydrogens (tertiary/aromatic N) is 3. The van der Waals surface area contributed by atoms with E-state index in [1.807, 2.05) is 19.1 Å². The van der Waals surface area contributed by atoms with E-state index in [2.05, 4.69) is 50.6 Å². The highest BCUT2D eigenvalue weighted by Crippen LogP contribution is 2.26. The number of benzene rings is 1. The molecule has 0 radical (unpaired) electrons. The Labute approximate surface area is 120 Å². The molecule has 0 saturated carbocycles. The lowest BCUT2D eigenvalue weighted by Gasteiger charge is -2.13. The van der Waals surface area contributed by atoms with Crippen LogP contribution in [-0.2, 0) is 5.33 Å². The average molecular weight is 329 g/mol. The van der Waals surface area contributed by atoms with Crippen LogP contribution >= 0.6 is 27.5 Å². The third-order valence-corrected chi connectivity index (χ3v) is 3.42. The highest BCUT2D eigenvalue weighted by molar-refractivity contribution is 9.08. The molecule has 0 spiro atoms. The molecule has 0 bridgehead atoms. The largest absolute Gasteiger partial charge is 0.308 e. The van der Waals surface area contributed by atoms with Crippen molar-refractivity contribution in [2.45, 2.75) is 32.1 Å². The molecule has 1 heterocycles. The van der Waals surface area contributed by atoms with Crippen LogP contribution in [0, 0.1) is 6.92 Å². The van der Waals surface area contributed by atoms with Crippen molar-refractivity contribution in [3.8, 4) is 11.4 Å². The molecule has 1 aromatic carbocycles. The quantitative estimate of drug-likeness (QED) is 0.783. The number of hydrogen-bond donors (Lipinski definition) is 0. The van der Waals surface area contributed by atoms with Gasteiger partial charge >= 0.3 is 0 Å². The van der Waals surface area contributed by atoms with Gasteiger partial charge in [-0.1, -0.05) is 27.5 Å². The van der Waals surface area contributed by atoms with E-state index in [0.29, 0.717) is 11.4 Å². The molecule has 0 fully saturated rings. The SMILES string of the molecule is Cc1cc(Cl)cc(-c2nnc(CBr)n2C(C)C)c1. The van der Waals surface area contributed by atoms with Gasteiger partial charge in [-0.25, -0.2) is 0 Å². The Bertz CT molecular complexity index is 543. The number of alkyl halides is 1. The summed E-state index contributed by atoms with van der Waals surface area (Å²) >= 11 is 9.55. The monoisotopic (exact) mass is 327 g/mol. The molecular weight excluding hydrogens is 314 g/mol. The van der Waals surface area contributed by atoms with Crippen molar-refractivity contribution in [1.29, 1.82) is 0 Å². The molecule has 96 valence electrons. The van der Waals surface area contributed by atoms with Gasteiger partial charge in [0.25, 0.3) is 0 Å². The van der Waals surface area contributed by atoms with Gasteiger partial charge in [0.05, 0.1) is 5.33 Å². The van der Waals surface area contributed by atoms with Gasteiger partial charge in [-0.3, -0.25) is 0 Å². The fourth-order valence-electron chi connectivity index (χ4n) is 2.02. The highest BCUT2D eigenvalue weighted by atomic mass is 79.9. The summed E-state index contributed by atoms with van der Waals surface area (Å²) in [7, 11) is 0. The zero-order chi connectivity index (χ0) is 13.3. The standard InChI is InChI=1S/C13H15BrClN3/c1-8(2)18-12(7-14)16-17-13(18)10-4-9(3)5-11(15)6-10/h4-6,8H,7H2,1-3H3. The second-order valence-corrected chi connectivity index (χ2v) is 5.55. The number of halogens is 2. The Balaban J connectivity index is 2.60. The lowest BCUT2D eigenvalue weighted by atomic mass is 10.1. The first kappa shape index (κ1) is 13.6. The average Bonchev–Trinajstić information content (AvgIpc) is 2.71. The predicted molar refractivity (Wildman–Crippen MR) is 78.2 cm³/mol. The molecule has 2 rings (SSSR count). The molecule has 2 aromatic rings. The zero-order valence-electron chi connectivity index (χ0n) is 10.6. The van der Waals surface area contributed by atoms with E-state index in [-0.39, 0.29) is 0 Å². The van der Waals surface area contributed by atoms with Crippen molar-refractivity contribution in [1.82, 2.24) is 14.8 Å². The van der Waals surface area contributed by atoms with Gasteiger partial charge in [-0.15, -0.1) is 10.2 Å². The van der Waals surface area contributed by atoms with Crippen LogP contribution in [0.4, 0.5) is 0 Å². The molecule has 0 aliphatic rings. The van der Waals surface area contributed by atoms with E-state index in [1.165, 1.54) is 0 Å². The summed E-state index contributed by atoms with van der Waals surface area (Å²) in [6.07, 6.45) is 0. The Hall–Kier alpha value is -0.870. The second-order valence-electron chi connectivity index (χ2n) is 4.55. The highest BCUT2D eigenvalue weighted by Gasteiger charge is 2.15. The van der Waals surface area contributed by atoms with Crippen molar-refractivity contribution in [2.24, 2.45) is 0 Å². The molecule has 0 atom stereocenters. The van der Waals surface area contributed by atoms with Crippen molar-refractivity contribution in [3.63, 3.8) is 0 Å². The first-order valence-electron chi connectivity index (χ1n) is 5.80. The second kappa shape index (κ2) is 5.41. The molecular formula is C13H15BrClN3. The number of aromatic nitrogens is 3. The number of aryl methyl sites for hydroxylation is 1. The van der Waals surface area contributed by atoms with Crippen molar-refractivity contribution in [3.05, 3.63) is 34.6 Å². The predicted octanol–water partition coefficient (Wildman–Crippen LogP) is 4.38. The van der Waals surface area contributed by atoms with E-state index < -0.39 is 0 Å². The molecule has 1 aromatic heterocycles. The Morgan fingerprint density at radius 2 is 2.00 bits per heavy atom. The van der Waals surface area contributed by atoms with E-state index >= 15 is 0 Å². The summed E-state index contributed by atoms with van der Waals surface area (Å²) in [5, 5.41) is 9.92. The lowest BCUT2D eigenvalue weighted by Crippen LogP contribution is -2.07. The van der Waals surface area contributed by atoms with Gasteiger partial charge in [0, 0.05) is 16.6 Å². The van der Waals surface area contributed by atoms with Gasteiger partial charge in [-0.2, -0.15) is 0 Å². The summed E-state index contributed by atoms with van der Waals surface area (Å²) in [6, 6.07) is 6.25. The van der Waals surface area contributed by atoms with Gasteiger partial charge in [0.15, 0.2) is 5.82 Å². The van der Waals surface area contributed by atoms with E-state index in [0.717, 1.165) is 27.8 Å². The molecule has 0 amide bonds. The van der Waals surface area contributed by atoms with Crippen LogP contribution in [0.3, 0.4) is 0 Å². The smallest absolute Gasteiger partial charge is 0.164 e. The van der Waals surface area contributed by atoms with Gasteiger partial charge in [0.2, 0.25) is 0 Å². The maximum Gasteiger partial charge on any atom is 0.164 e. The molecule has 3 nitrogen and oxygen atoms in total. The van der Waals surface area contributed by atoms with E-state index in [9.17, 15) is 0 Å². The Morgan fingerprint density at radius 3 is 2.56 bits per heavy atom. The minimum atomic E-state index is 0.307. The molecule has 0 saturated heterocycles. The van der Waals surface area contributed by atoms with Crippen LogP contribution in [-0.4, -0.2) is 14.8 Å². The fraction of sp³-hybridized carbons (Fsp3) is 0.385. The normalized spacial score (nSPS) is 11.2. The maximum atomic E-state index is 6.11. The van der Waals surface area contributed by atoms with Crippen LogP contribution in [0.25, 0.3) is 11.4 Å². The topological polar surface area (TPSA) is 30.7 Å². The zero-order valence-corrected chi connectivity index (χ0v) is 13.0. The summed E-state index contributed by atoms with van der Waals surface area (Å²) in [5.74, 6) is 1.79. The van der Waals surface area contributed by atoms with Crippen LogP contribution in [0.1, 0.15) is 31.3 Å². The minimum Gasteiger partial charge on any atom is -0.308 e. The van der Waals surface area contributed by atoms with E-state index in [4.69, 9.17) is 11.6 Å². The summed E-state index contributed by atoms with van der Waals surface area (Å²) in [4.78, 5) is 0. The third-order valence-electron chi connectivity index (χ3n) is 2.70. The van der Waals surface area contributed by atoms with Crippen LogP contribution in [0.2, 0.25) is 5.02 Å². The third kappa shape index (κ3) is 2.59.